The molecule has 2 aromatic rings. The Morgan fingerprint density at radius 1 is 1.07 bits per heavy atom. The lowest BCUT2D eigenvalue weighted by atomic mass is 9.99. The minimum Gasteiger partial charge on any atom is -0.376 e. The van der Waals surface area contributed by atoms with E-state index in [4.69, 9.17) is 0 Å². The summed E-state index contributed by atoms with van der Waals surface area (Å²) in [6.07, 6.45) is 2.52. The highest BCUT2D eigenvalue weighted by atomic mass is 16.1. The average molecular weight is 366 g/mol. The number of carbonyl (C=O) groups is 1. The Balaban J connectivity index is 1.52. The molecule has 2 N–H and O–H groups in total. The first-order valence-electron chi connectivity index (χ1n) is 10.0. The second-order valence-electron chi connectivity index (χ2n) is 7.86. The van der Waals surface area contributed by atoms with E-state index in [1.807, 2.05) is 18.2 Å². The first kappa shape index (κ1) is 19.3. The Morgan fingerprint density at radius 3 is 2.41 bits per heavy atom. The Labute approximate surface area is 163 Å². The number of amides is 1. The van der Waals surface area contributed by atoms with Gasteiger partial charge in [-0.15, -0.1) is 0 Å². The molecule has 0 unspecified atom stereocenters. The maximum Gasteiger partial charge on any atom is 0.243 e. The van der Waals surface area contributed by atoms with Gasteiger partial charge < -0.3 is 15.5 Å². The molecule has 27 heavy (non-hydrogen) atoms. The lowest BCUT2D eigenvalue weighted by Crippen LogP contribution is -2.32. The van der Waals surface area contributed by atoms with Crippen molar-refractivity contribution < 1.29 is 4.79 Å². The summed E-state index contributed by atoms with van der Waals surface area (Å²) < 4.78 is 0. The van der Waals surface area contributed by atoms with Gasteiger partial charge in [0.2, 0.25) is 5.91 Å². The number of carbonyl (C=O) groups excluding carboxylic acids is 1. The van der Waals surface area contributed by atoms with Crippen LogP contribution in [0.1, 0.15) is 45.1 Å². The Morgan fingerprint density at radius 2 is 1.74 bits per heavy atom. The van der Waals surface area contributed by atoms with Crippen molar-refractivity contribution in [2.24, 2.45) is 5.92 Å². The van der Waals surface area contributed by atoms with Crippen molar-refractivity contribution >= 4 is 23.0 Å². The van der Waals surface area contributed by atoms with Gasteiger partial charge in [-0.25, -0.2) is 0 Å². The third kappa shape index (κ3) is 5.25. The molecule has 1 saturated heterocycles. The number of hydrogen-bond donors (Lipinski definition) is 2. The number of hydrogen-bond acceptors (Lipinski definition) is 3. The third-order valence-electron chi connectivity index (χ3n) is 5.33. The van der Waals surface area contributed by atoms with Crippen LogP contribution in [0.25, 0.3) is 0 Å². The van der Waals surface area contributed by atoms with Crippen LogP contribution in [0.5, 0.6) is 0 Å². The first-order chi connectivity index (χ1) is 13.0. The fraction of sp³-hybridized carbons (Fsp3) is 0.435. The molecular weight excluding hydrogens is 334 g/mol. The van der Waals surface area contributed by atoms with Crippen molar-refractivity contribution in [3.8, 4) is 0 Å². The first-order valence-corrected chi connectivity index (χ1v) is 10.0. The molecule has 1 aliphatic rings. The molecule has 0 aromatic heterocycles. The van der Waals surface area contributed by atoms with Crippen molar-refractivity contribution in [3.05, 3.63) is 54.1 Å². The van der Waals surface area contributed by atoms with Gasteiger partial charge in [-0.1, -0.05) is 39.0 Å². The van der Waals surface area contributed by atoms with E-state index in [1.165, 1.54) is 18.5 Å². The number of nitrogens with zero attached hydrogens (tertiary/aromatic N) is 1. The van der Waals surface area contributed by atoms with Crippen molar-refractivity contribution in [2.75, 3.05) is 35.2 Å². The van der Waals surface area contributed by atoms with Crippen LogP contribution in [-0.4, -0.2) is 25.5 Å². The van der Waals surface area contributed by atoms with Crippen LogP contribution < -0.4 is 15.5 Å². The monoisotopic (exact) mass is 365 g/mol. The maximum atomic E-state index is 12.3. The Hall–Kier alpha value is -2.49. The number of rotatable bonds is 6. The number of anilines is 3. The second-order valence-corrected chi connectivity index (χ2v) is 7.86. The summed E-state index contributed by atoms with van der Waals surface area (Å²) >= 11 is 0. The highest BCUT2D eigenvalue weighted by Gasteiger charge is 2.16. The zero-order chi connectivity index (χ0) is 19.2. The third-order valence-corrected chi connectivity index (χ3v) is 5.33. The molecule has 4 nitrogen and oxygen atoms in total. The molecule has 1 heterocycles. The van der Waals surface area contributed by atoms with Gasteiger partial charge in [0.25, 0.3) is 0 Å². The fourth-order valence-electron chi connectivity index (χ4n) is 3.55. The van der Waals surface area contributed by atoms with Crippen LogP contribution in [0, 0.1) is 5.92 Å². The molecule has 0 spiro atoms. The molecule has 1 fully saturated rings. The molecule has 1 aliphatic heterocycles. The van der Waals surface area contributed by atoms with Gasteiger partial charge in [0.05, 0.1) is 6.54 Å². The zero-order valence-electron chi connectivity index (χ0n) is 16.7. The van der Waals surface area contributed by atoms with Crippen LogP contribution >= 0.6 is 0 Å². The Kier molecular flexibility index (Phi) is 6.38. The zero-order valence-corrected chi connectivity index (χ0v) is 16.7. The quantitative estimate of drug-likeness (QED) is 0.749. The van der Waals surface area contributed by atoms with Crippen LogP contribution in [-0.2, 0) is 4.79 Å². The number of benzene rings is 2. The van der Waals surface area contributed by atoms with Gasteiger partial charge >= 0.3 is 0 Å². The summed E-state index contributed by atoms with van der Waals surface area (Å²) in [4.78, 5) is 14.8. The highest BCUT2D eigenvalue weighted by molar-refractivity contribution is 5.94. The summed E-state index contributed by atoms with van der Waals surface area (Å²) in [6, 6.07) is 16.4. The molecule has 3 rings (SSSR count). The van der Waals surface area contributed by atoms with E-state index in [1.54, 1.807) is 0 Å². The van der Waals surface area contributed by atoms with Crippen LogP contribution in [0.3, 0.4) is 0 Å². The van der Waals surface area contributed by atoms with Crippen LogP contribution in [0.2, 0.25) is 0 Å². The second kappa shape index (κ2) is 8.94. The molecule has 0 radical (unpaired) electrons. The van der Waals surface area contributed by atoms with Gasteiger partial charge in [-0.2, -0.15) is 0 Å². The van der Waals surface area contributed by atoms with Crippen molar-refractivity contribution in [1.82, 2.24) is 0 Å². The van der Waals surface area contributed by atoms with Gasteiger partial charge in [-0.3, -0.25) is 4.79 Å². The molecule has 0 bridgehead atoms. The predicted molar refractivity (Wildman–Crippen MR) is 115 cm³/mol. The normalized spacial score (nSPS) is 15.0. The predicted octanol–water partition coefficient (Wildman–Crippen LogP) is 5.10. The molecule has 0 atom stereocenters. The summed E-state index contributed by atoms with van der Waals surface area (Å²) in [7, 11) is 0. The summed E-state index contributed by atoms with van der Waals surface area (Å²) in [5.74, 6) is 1.18. The van der Waals surface area contributed by atoms with Gasteiger partial charge in [0.15, 0.2) is 0 Å². The molecule has 4 heteroatoms. The van der Waals surface area contributed by atoms with Crippen LogP contribution in [0.15, 0.2) is 48.5 Å². The van der Waals surface area contributed by atoms with Gasteiger partial charge in [0.1, 0.15) is 0 Å². The molecule has 1 amide bonds. The minimum atomic E-state index is -0.0304. The molecular formula is C23H31N3O. The molecule has 0 aliphatic carbocycles. The van der Waals surface area contributed by atoms with Gasteiger partial charge in [0, 0.05) is 30.2 Å². The van der Waals surface area contributed by atoms with E-state index < -0.39 is 0 Å². The molecule has 0 saturated carbocycles. The van der Waals surface area contributed by atoms with E-state index in [9.17, 15) is 4.79 Å². The lowest BCUT2D eigenvalue weighted by Gasteiger charge is -2.32. The largest absolute Gasteiger partial charge is 0.376 e. The van der Waals surface area contributed by atoms with Gasteiger partial charge in [-0.05, 0) is 60.6 Å². The maximum absolute atomic E-state index is 12.3. The summed E-state index contributed by atoms with van der Waals surface area (Å²) in [6.45, 7) is 9.11. The number of para-hydroxylation sites is 1. The topological polar surface area (TPSA) is 44.4 Å². The smallest absolute Gasteiger partial charge is 0.243 e. The summed E-state index contributed by atoms with van der Waals surface area (Å²) in [5.41, 5.74) is 4.29. The van der Waals surface area contributed by atoms with E-state index in [-0.39, 0.29) is 12.5 Å². The van der Waals surface area contributed by atoms with Crippen molar-refractivity contribution in [2.45, 2.75) is 39.5 Å². The number of nitrogens with one attached hydrogen (secondary N) is 2. The van der Waals surface area contributed by atoms with Crippen LogP contribution in [0.4, 0.5) is 17.1 Å². The summed E-state index contributed by atoms with van der Waals surface area (Å²) in [5, 5.41) is 6.24. The Bertz CT molecular complexity index is 746. The average Bonchev–Trinajstić information content (AvgIpc) is 2.68. The van der Waals surface area contributed by atoms with Crippen molar-refractivity contribution in [1.29, 1.82) is 0 Å². The lowest BCUT2D eigenvalue weighted by molar-refractivity contribution is -0.114. The SMILES string of the molecule is CC1CCN(c2ccc(NCC(=O)Nc3ccccc3C(C)C)cc2)CC1. The number of piperidine rings is 1. The van der Waals surface area contributed by atoms with E-state index in [0.717, 1.165) is 35.9 Å². The van der Waals surface area contributed by atoms with E-state index in [2.05, 4.69) is 66.6 Å². The van der Waals surface area contributed by atoms with E-state index >= 15 is 0 Å². The minimum absolute atomic E-state index is 0.0304. The molecule has 2 aromatic carbocycles. The molecule has 144 valence electrons. The standard InChI is InChI=1S/C23H31N3O/c1-17(2)21-6-4-5-7-22(21)25-23(27)16-24-19-8-10-20(11-9-19)26-14-12-18(3)13-15-26/h4-11,17-18,24H,12-16H2,1-3H3,(H,25,27). The van der Waals surface area contributed by atoms with E-state index in [0.29, 0.717) is 5.92 Å². The highest BCUT2D eigenvalue weighted by Crippen LogP contribution is 2.25. The van der Waals surface area contributed by atoms with Crippen molar-refractivity contribution in [3.63, 3.8) is 0 Å². The fourth-order valence-corrected chi connectivity index (χ4v) is 3.55.